The molecule has 0 aliphatic carbocycles. The van der Waals surface area contributed by atoms with Crippen molar-refractivity contribution in [2.75, 3.05) is 5.32 Å². The van der Waals surface area contributed by atoms with Gasteiger partial charge in [-0.05, 0) is 42.1 Å². The molecule has 25 heavy (non-hydrogen) atoms. The molecule has 0 bridgehead atoms. The Morgan fingerprint density at radius 3 is 2.92 bits per heavy atom. The molecule has 126 valence electrons. The van der Waals surface area contributed by atoms with Crippen molar-refractivity contribution in [1.29, 1.82) is 0 Å². The summed E-state index contributed by atoms with van der Waals surface area (Å²) in [7, 11) is 0. The number of H-pyrrole nitrogens is 1. The van der Waals surface area contributed by atoms with E-state index in [0.29, 0.717) is 4.88 Å². The Morgan fingerprint density at radius 1 is 1.28 bits per heavy atom. The molecule has 0 spiro atoms. The van der Waals surface area contributed by atoms with Crippen molar-refractivity contribution in [2.24, 2.45) is 0 Å². The third kappa shape index (κ3) is 3.08. The summed E-state index contributed by atoms with van der Waals surface area (Å²) >= 11 is 1.42. The SMILES string of the molecule is CCCc1nc(-n2cccc2)sc1C(=O)Nc1ccc2cc[nH]c2c1. The van der Waals surface area contributed by atoms with Crippen LogP contribution in [0.5, 0.6) is 0 Å². The third-order valence-electron chi connectivity index (χ3n) is 4.02. The Labute approximate surface area is 149 Å². The average Bonchev–Trinajstić information content (AvgIpc) is 3.34. The average molecular weight is 350 g/mol. The fraction of sp³-hybridized carbons (Fsp3) is 0.158. The van der Waals surface area contributed by atoms with Crippen LogP contribution in [0.1, 0.15) is 28.7 Å². The van der Waals surface area contributed by atoms with Crippen LogP contribution in [0, 0.1) is 0 Å². The van der Waals surface area contributed by atoms with Crippen molar-refractivity contribution < 1.29 is 4.79 Å². The summed E-state index contributed by atoms with van der Waals surface area (Å²) in [5.74, 6) is -0.106. The summed E-state index contributed by atoms with van der Waals surface area (Å²) in [6.45, 7) is 2.09. The zero-order valence-electron chi connectivity index (χ0n) is 13.8. The highest BCUT2D eigenvalue weighted by Crippen LogP contribution is 2.25. The van der Waals surface area contributed by atoms with E-state index in [1.807, 2.05) is 59.6 Å². The molecule has 2 N–H and O–H groups in total. The van der Waals surface area contributed by atoms with Crippen molar-refractivity contribution in [3.63, 3.8) is 0 Å². The lowest BCUT2D eigenvalue weighted by atomic mass is 10.2. The zero-order chi connectivity index (χ0) is 17.2. The van der Waals surface area contributed by atoms with E-state index >= 15 is 0 Å². The Hall–Kier alpha value is -2.86. The summed E-state index contributed by atoms with van der Waals surface area (Å²) in [5, 5.41) is 4.94. The first kappa shape index (κ1) is 15.7. The van der Waals surface area contributed by atoms with Crippen LogP contribution in [0.25, 0.3) is 16.0 Å². The van der Waals surface area contributed by atoms with Crippen molar-refractivity contribution >= 4 is 33.8 Å². The molecule has 1 amide bonds. The number of aromatic amines is 1. The van der Waals surface area contributed by atoms with Crippen LogP contribution < -0.4 is 5.32 Å². The second-order valence-electron chi connectivity index (χ2n) is 5.85. The number of benzene rings is 1. The number of rotatable bonds is 5. The van der Waals surface area contributed by atoms with Crippen molar-refractivity contribution in [3.05, 3.63) is 65.6 Å². The van der Waals surface area contributed by atoms with Gasteiger partial charge in [-0.1, -0.05) is 30.7 Å². The van der Waals surface area contributed by atoms with Gasteiger partial charge < -0.3 is 14.9 Å². The van der Waals surface area contributed by atoms with Crippen LogP contribution in [0.4, 0.5) is 5.69 Å². The van der Waals surface area contributed by atoms with Crippen LogP contribution in [-0.2, 0) is 6.42 Å². The number of aryl methyl sites for hydroxylation is 1. The molecular formula is C19H18N4OS. The number of thiazole rings is 1. The molecule has 4 aromatic rings. The predicted octanol–water partition coefficient (Wildman–Crippen LogP) is 4.62. The van der Waals surface area contributed by atoms with Gasteiger partial charge in [0.15, 0.2) is 5.13 Å². The van der Waals surface area contributed by atoms with Gasteiger partial charge in [0.2, 0.25) is 0 Å². The molecule has 0 unspecified atom stereocenters. The molecule has 0 fully saturated rings. The number of hydrogen-bond acceptors (Lipinski definition) is 3. The quantitative estimate of drug-likeness (QED) is 0.552. The van der Waals surface area contributed by atoms with Crippen LogP contribution in [0.2, 0.25) is 0 Å². The predicted molar refractivity (Wildman–Crippen MR) is 102 cm³/mol. The molecule has 5 nitrogen and oxygen atoms in total. The third-order valence-corrected chi connectivity index (χ3v) is 5.13. The highest BCUT2D eigenvalue weighted by atomic mass is 32.1. The van der Waals surface area contributed by atoms with Crippen LogP contribution in [-0.4, -0.2) is 20.4 Å². The first-order valence-corrected chi connectivity index (χ1v) is 9.08. The highest BCUT2D eigenvalue weighted by Gasteiger charge is 2.18. The van der Waals surface area contributed by atoms with Crippen LogP contribution in [0.3, 0.4) is 0 Å². The Morgan fingerprint density at radius 2 is 2.12 bits per heavy atom. The Kier molecular flexibility index (Phi) is 4.11. The number of aromatic nitrogens is 3. The topological polar surface area (TPSA) is 62.7 Å². The standard InChI is InChI=1S/C19H18N4OS/c1-2-5-15-17(25-19(22-15)23-10-3-4-11-23)18(24)21-14-7-6-13-8-9-20-16(13)12-14/h3-4,6-12,20H,2,5H2,1H3,(H,21,24). The fourth-order valence-corrected chi connectivity index (χ4v) is 3.78. The Balaban J connectivity index is 1.64. The number of hydrogen-bond donors (Lipinski definition) is 2. The van der Waals surface area contributed by atoms with Gasteiger partial charge in [0, 0.05) is 29.8 Å². The molecule has 4 rings (SSSR count). The van der Waals surface area contributed by atoms with E-state index in [9.17, 15) is 4.79 Å². The van der Waals surface area contributed by atoms with Gasteiger partial charge in [-0.15, -0.1) is 0 Å². The molecule has 3 heterocycles. The van der Waals surface area contributed by atoms with Crippen molar-refractivity contribution in [3.8, 4) is 5.13 Å². The van der Waals surface area contributed by atoms with Crippen LogP contribution in [0.15, 0.2) is 55.0 Å². The smallest absolute Gasteiger partial charge is 0.267 e. The van der Waals surface area contributed by atoms with Gasteiger partial charge in [0.1, 0.15) is 4.88 Å². The van der Waals surface area contributed by atoms with E-state index < -0.39 is 0 Å². The maximum atomic E-state index is 12.8. The maximum Gasteiger partial charge on any atom is 0.267 e. The van der Waals surface area contributed by atoms with E-state index in [1.165, 1.54) is 11.3 Å². The van der Waals surface area contributed by atoms with Gasteiger partial charge >= 0.3 is 0 Å². The second-order valence-corrected chi connectivity index (χ2v) is 6.82. The largest absolute Gasteiger partial charge is 0.361 e. The zero-order valence-corrected chi connectivity index (χ0v) is 14.6. The molecule has 0 saturated carbocycles. The van der Waals surface area contributed by atoms with Gasteiger partial charge in [-0.2, -0.15) is 0 Å². The van der Waals surface area contributed by atoms with E-state index in [-0.39, 0.29) is 5.91 Å². The minimum absolute atomic E-state index is 0.106. The van der Waals surface area contributed by atoms with E-state index in [4.69, 9.17) is 0 Å². The van der Waals surface area contributed by atoms with Crippen molar-refractivity contribution in [1.82, 2.24) is 14.5 Å². The fourth-order valence-electron chi connectivity index (χ4n) is 2.81. The lowest BCUT2D eigenvalue weighted by Gasteiger charge is -2.05. The number of carbonyl (C=O) groups is 1. The van der Waals surface area contributed by atoms with Gasteiger partial charge in [-0.25, -0.2) is 4.98 Å². The number of anilines is 1. The molecule has 0 atom stereocenters. The number of nitrogens with zero attached hydrogens (tertiary/aromatic N) is 2. The Bertz CT molecular complexity index is 1010. The molecule has 1 aromatic carbocycles. The van der Waals surface area contributed by atoms with Crippen LogP contribution >= 0.6 is 11.3 Å². The van der Waals surface area contributed by atoms with Gasteiger partial charge in [-0.3, -0.25) is 4.79 Å². The molecule has 6 heteroatoms. The van der Waals surface area contributed by atoms with Gasteiger partial charge in [0.25, 0.3) is 5.91 Å². The summed E-state index contributed by atoms with van der Waals surface area (Å²) < 4.78 is 1.94. The minimum atomic E-state index is -0.106. The normalized spacial score (nSPS) is 11.1. The molecule has 0 radical (unpaired) electrons. The second kappa shape index (κ2) is 6.57. The van der Waals surface area contributed by atoms with E-state index in [0.717, 1.165) is 40.3 Å². The summed E-state index contributed by atoms with van der Waals surface area (Å²) in [6, 6.07) is 11.8. The van der Waals surface area contributed by atoms with Crippen molar-refractivity contribution in [2.45, 2.75) is 19.8 Å². The molecule has 0 saturated heterocycles. The van der Waals surface area contributed by atoms with E-state index in [1.54, 1.807) is 0 Å². The summed E-state index contributed by atoms with van der Waals surface area (Å²) in [5.41, 5.74) is 2.64. The summed E-state index contributed by atoms with van der Waals surface area (Å²) in [6.07, 6.45) is 7.51. The lowest BCUT2D eigenvalue weighted by Crippen LogP contribution is -2.12. The highest BCUT2D eigenvalue weighted by molar-refractivity contribution is 7.16. The first-order chi connectivity index (χ1) is 12.2. The first-order valence-electron chi connectivity index (χ1n) is 8.26. The monoisotopic (exact) mass is 350 g/mol. The lowest BCUT2D eigenvalue weighted by molar-refractivity contribution is 0.102. The number of amides is 1. The number of fused-ring (bicyclic) bond motifs is 1. The van der Waals surface area contributed by atoms with E-state index in [2.05, 4.69) is 22.2 Å². The summed E-state index contributed by atoms with van der Waals surface area (Å²) in [4.78, 5) is 21.3. The number of carbonyl (C=O) groups excluding carboxylic acids is 1. The maximum absolute atomic E-state index is 12.8. The molecule has 0 aliphatic heterocycles. The minimum Gasteiger partial charge on any atom is -0.361 e. The number of nitrogens with one attached hydrogen (secondary N) is 2. The molecule has 3 aromatic heterocycles. The van der Waals surface area contributed by atoms with Gasteiger partial charge in [0.05, 0.1) is 5.69 Å². The molecular weight excluding hydrogens is 332 g/mol. The molecule has 0 aliphatic rings.